The highest BCUT2D eigenvalue weighted by Gasteiger charge is 2.35. The molecule has 4 nitrogen and oxygen atoms in total. The van der Waals surface area contributed by atoms with E-state index < -0.39 is 5.60 Å². The van der Waals surface area contributed by atoms with Crippen LogP contribution in [0, 0.1) is 0 Å². The molecule has 1 aromatic rings. The highest BCUT2D eigenvalue weighted by Crippen LogP contribution is 2.33. The standard InChI is InChI=1S/C16H24N2O2S/c19-14(11-16(20)6-2-1-3-7-16)18-9-4-5-13(12-18)15-17-8-10-21-15/h8,10,13,20H,1-7,9,11-12H2/t13-/m1/s1. The zero-order valence-corrected chi connectivity index (χ0v) is 13.3. The lowest BCUT2D eigenvalue weighted by Gasteiger charge is -2.36. The number of nitrogens with zero attached hydrogens (tertiary/aromatic N) is 2. The van der Waals surface area contributed by atoms with Crippen molar-refractivity contribution in [2.24, 2.45) is 0 Å². The predicted octanol–water partition coefficient (Wildman–Crippen LogP) is 2.93. The lowest BCUT2D eigenvalue weighted by atomic mass is 9.82. The average Bonchev–Trinajstić information content (AvgIpc) is 3.02. The monoisotopic (exact) mass is 308 g/mol. The second-order valence-electron chi connectivity index (χ2n) is 6.51. The van der Waals surface area contributed by atoms with Crippen LogP contribution in [0.2, 0.25) is 0 Å². The van der Waals surface area contributed by atoms with Gasteiger partial charge in [0, 0.05) is 30.6 Å². The van der Waals surface area contributed by atoms with E-state index in [1.165, 1.54) is 6.42 Å². The van der Waals surface area contributed by atoms with E-state index in [-0.39, 0.29) is 5.91 Å². The molecule has 1 amide bonds. The van der Waals surface area contributed by atoms with Crippen LogP contribution >= 0.6 is 11.3 Å². The molecule has 2 fully saturated rings. The first kappa shape index (κ1) is 15.0. The van der Waals surface area contributed by atoms with Crippen molar-refractivity contribution in [1.29, 1.82) is 0 Å². The van der Waals surface area contributed by atoms with Crippen LogP contribution in [0.15, 0.2) is 11.6 Å². The summed E-state index contributed by atoms with van der Waals surface area (Å²) in [5.41, 5.74) is -0.747. The molecule has 1 saturated heterocycles. The van der Waals surface area contributed by atoms with Crippen molar-refractivity contribution in [2.75, 3.05) is 13.1 Å². The summed E-state index contributed by atoms with van der Waals surface area (Å²) >= 11 is 1.68. The third kappa shape index (κ3) is 3.64. The van der Waals surface area contributed by atoms with Gasteiger partial charge in [0.15, 0.2) is 0 Å². The first-order valence-corrected chi connectivity index (χ1v) is 8.94. The van der Waals surface area contributed by atoms with Crippen LogP contribution in [0.25, 0.3) is 0 Å². The highest BCUT2D eigenvalue weighted by atomic mass is 32.1. The summed E-state index contributed by atoms with van der Waals surface area (Å²) in [6, 6.07) is 0. The number of aromatic nitrogens is 1. The quantitative estimate of drug-likeness (QED) is 0.934. The maximum atomic E-state index is 12.5. The van der Waals surface area contributed by atoms with Crippen LogP contribution in [0.4, 0.5) is 0 Å². The fraction of sp³-hybridized carbons (Fsp3) is 0.750. The van der Waals surface area contributed by atoms with Gasteiger partial charge in [0.05, 0.1) is 17.0 Å². The number of hydrogen-bond acceptors (Lipinski definition) is 4. The summed E-state index contributed by atoms with van der Waals surface area (Å²) in [5, 5.41) is 13.7. The van der Waals surface area contributed by atoms with E-state index in [2.05, 4.69) is 4.98 Å². The van der Waals surface area contributed by atoms with E-state index in [4.69, 9.17) is 0 Å². The molecule has 1 saturated carbocycles. The summed E-state index contributed by atoms with van der Waals surface area (Å²) in [5.74, 6) is 0.504. The molecule has 0 unspecified atom stereocenters. The van der Waals surface area contributed by atoms with Crippen LogP contribution in [-0.4, -0.2) is 39.6 Å². The largest absolute Gasteiger partial charge is 0.389 e. The summed E-state index contributed by atoms with van der Waals surface area (Å²) in [6.45, 7) is 1.60. The van der Waals surface area contributed by atoms with Crippen LogP contribution in [0.5, 0.6) is 0 Å². The molecule has 1 aliphatic carbocycles. The molecular weight excluding hydrogens is 284 g/mol. The van der Waals surface area contributed by atoms with Crippen molar-refractivity contribution in [3.8, 4) is 0 Å². The maximum Gasteiger partial charge on any atom is 0.225 e. The molecule has 21 heavy (non-hydrogen) atoms. The molecule has 1 N–H and O–H groups in total. The van der Waals surface area contributed by atoms with E-state index >= 15 is 0 Å². The molecule has 0 radical (unpaired) electrons. The van der Waals surface area contributed by atoms with Gasteiger partial charge in [0.1, 0.15) is 0 Å². The number of piperidine rings is 1. The lowest BCUT2D eigenvalue weighted by molar-refractivity contribution is -0.139. The fourth-order valence-electron chi connectivity index (χ4n) is 3.62. The van der Waals surface area contributed by atoms with E-state index in [1.54, 1.807) is 11.3 Å². The molecule has 5 heteroatoms. The third-order valence-corrected chi connectivity index (χ3v) is 5.78. The normalized spacial score (nSPS) is 25.8. The second-order valence-corrected chi connectivity index (χ2v) is 7.44. The maximum absolute atomic E-state index is 12.5. The number of rotatable bonds is 3. The first-order valence-electron chi connectivity index (χ1n) is 8.06. The molecule has 1 aromatic heterocycles. The lowest BCUT2D eigenvalue weighted by Crippen LogP contribution is -2.44. The minimum Gasteiger partial charge on any atom is -0.389 e. The molecular formula is C16H24N2O2S. The van der Waals surface area contributed by atoms with Crippen molar-refractivity contribution in [2.45, 2.75) is 62.9 Å². The Morgan fingerprint density at radius 1 is 1.38 bits per heavy atom. The number of carbonyl (C=O) groups excluding carboxylic acids is 1. The zero-order chi connectivity index (χ0) is 14.7. The Balaban J connectivity index is 1.59. The van der Waals surface area contributed by atoms with Gasteiger partial charge in [-0.25, -0.2) is 4.98 Å². The van der Waals surface area contributed by atoms with E-state index in [0.29, 0.717) is 12.3 Å². The van der Waals surface area contributed by atoms with Crippen LogP contribution in [0.1, 0.15) is 62.3 Å². The van der Waals surface area contributed by atoms with E-state index in [1.807, 2.05) is 16.5 Å². The number of amides is 1. The number of carbonyl (C=O) groups is 1. The highest BCUT2D eigenvalue weighted by molar-refractivity contribution is 7.09. The predicted molar refractivity (Wildman–Crippen MR) is 83.3 cm³/mol. The van der Waals surface area contributed by atoms with Crippen LogP contribution in [-0.2, 0) is 4.79 Å². The number of hydrogen-bond donors (Lipinski definition) is 1. The van der Waals surface area contributed by atoms with Gasteiger partial charge in [-0.2, -0.15) is 0 Å². The molecule has 0 spiro atoms. The molecule has 2 aliphatic rings. The van der Waals surface area contributed by atoms with Crippen molar-refractivity contribution in [3.05, 3.63) is 16.6 Å². The Bertz CT molecular complexity index is 469. The number of thiazole rings is 1. The summed E-state index contributed by atoms with van der Waals surface area (Å²) < 4.78 is 0. The molecule has 116 valence electrons. The van der Waals surface area contributed by atoms with Gasteiger partial charge in [0.25, 0.3) is 0 Å². The molecule has 3 rings (SSSR count). The fourth-order valence-corrected chi connectivity index (χ4v) is 4.39. The first-order chi connectivity index (χ1) is 10.2. The van der Waals surface area contributed by atoms with Gasteiger partial charge in [-0.05, 0) is 25.7 Å². The molecule has 0 bridgehead atoms. The van der Waals surface area contributed by atoms with Gasteiger partial charge in [-0.1, -0.05) is 19.3 Å². The van der Waals surface area contributed by atoms with Crippen molar-refractivity contribution < 1.29 is 9.90 Å². The molecule has 0 aromatic carbocycles. The minimum absolute atomic E-state index is 0.126. The Hall–Kier alpha value is -0.940. The second kappa shape index (κ2) is 6.44. The smallest absolute Gasteiger partial charge is 0.225 e. The number of aliphatic hydroxyl groups is 1. The van der Waals surface area contributed by atoms with E-state index in [0.717, 1.165) is 56.6 Å². The van der Waals surface area contributed by atoms with Gasteiger partial charge in [-0.3, -0.25) is 4.79 Å². The summed E-state index contributed by atoms with van der Waals surface area (Å²) in [6.07, 6.45) is 9.13. The van der Waals surface area contributed by atoms with Crippen LogP contribution in [0.3, 0.4) is 0 Å². The van der Waals surface area contributed by atoms with Gasteiger partial charge in [0.2, 0.25) is 5.91 Å². The topological polar surface area (TPSA) is 53.4 Å². The average molecular weight is 308 g/mol. The van der Waals surface area contributed by atoms with Crippen molar-refractivity contribution in [3.63, 3.8) is 0 Å². The summed E-state index contributed by atoms with van der Waals surface area (Å²) in [7, 11) is 0. The van der Waals surface area contributed by atoms with Gasteiger partial charge >= 0.3 is 0 Å². The Labute approximate surface area is 130 Å². The Morgan fingerprint density at radius 2 is 2.19 bits per heavy atom. The van der Waals surface area contributed by atoms with Gasteiger partial charge < -0.3 is 10.0 Å². The van der Waals surface area contributed by atoms with Crippen LogP contribution < -0.4 is 0 Å². The molecule has 2 heterocycles. The van der Waals surface area contributed by atoms with Crippen molar-refractivity contribution >= 4 is 17.2 Å². The van der Waals surface area contributed by atoms with Crippen molar-refractivity contribution in [1.82, 2.24) is 9.88 Å². The number of likely N-dealkylation sites (tertiary alicyclic amines) is 1. The Kier molecular flexibility index (Phi) is 4.60. The minimum atomic E-state index is -0.747. The SMILES string of the molecule is O=C(CC1(O)CCCCC1)N1CCC[C@@H](c2nccs2)C1. The van der Waals surface area contributed by atoms with E-state index in [9.17, 15) is 9.90 Å². The van der Waals surface area contributed by atoms with Gasteiger partial charge in [-0.15, -0.1) is 11.3 Å². The summed E-state index contributed by atoms with van der Waals surface area (Å²) in [4.78, 5) is 18.9. The molecule has 1 atom stereocenters. The molecule has 1 aliphatic heterocycles. The third-order valence-electron chi connectivity index (χ3n) is 4.84. The Morgan fingerprint density at radius 3 is 2.90 bits per heavy atom. The zero-order valence-electron chi connectivity index (χ0n) is 12.5.